The van der Waals surface area contributed by atoms with Gasteiger partial charge in [0.1, 0.15) is 5.82 Å². The fourth-order valence-corrected chi connectivity index (χ4v) is 2.60. The molecule has 1 aliphatic rings. The zero-order chi connectivity index (χ0) is 14.0. The van der Waals surface area contributed by atoms with E-state index in [4.69, 9.17) is 5.73 Å². The number of anilines is 2. The molecular formula is C13H26N6. The van der Waals surface area contributed by atoms with Crippen LogP contribution in [-0.2, 0) is 13.5 Å². The lowest BCUT2D eigenvalue weighted by atomic mass is 10.2. The summed E-state index contributed by atoms with van der Waals surface area (Å²) in [6.45, 7) is 6.31. The van der Waals surface area contributed by atoms with E-state index in [1.165, 1.54) is 0 Å². The SMILES string of the molecule is CCc1nn(C)c(NCC2CN(C)CCN2C)c1N. The predicted molar refractivity (Wildman–Crippen MR) is 79.4 cm³/mol. The van der Waals surface area contributed by atoms with E-state index in [0.717, 1.165) is 49.8 Å². The molecule has 108 valence electrons. The molecule has 2 heterocycles. The molecule has 0 aliphatic carbocycles. The van der Waals surface area contributed by atoms with E-state index in [9.17, 15) is 0 Å². The summed E-state index contributed by atoms with van der Waals surface area (Å²) in [5, 5.41) is 7.90. The second-order valence-electron chi connectivity index (χ2n) is 5.46. The van der Waals surface area contributed by atoms with Crippen molar-refractivity contribution in [2.24, 2.45) is 7.05 Å². The molecule has 0 bridgehead atoms. The molecule has 0 amide bonds. The van der Waals surface area contributed by atoms with E-state index in [1.807, 2.05) is 11.7 Å². The lowest BCUT2D eigenvalue weighted by Gasteiger charge is -2.37. The molecule has 1 atom stereocenters. The molecular weight excluding hydrogens is 240 g/mol. The standard InChI is InChI=1S/C13H26N6/c1-5-11-12(14)13(19(4)16-11)15-8-10-9-17(2)6-7-18(10)3/h10,15H,5-9,14H2,1-4H3. The van der Waals surface area contributed by atoms with E-state index in [2.05, 4.69) is 41.2 Å². The van der Waals surface area contributed by atoms with Gasteiger partial charge in [-0.3, -0.25) is 9.58 Å². The average Bonchev–Trinajstić information content (AvgIpc) is 2.66. The fraction of sp³-hybridized carbons (Fsp3) is 0.769. The number of aromatic nitrogens is 2. The van der Waals surface area contributed by atoms with Crippen molar-refractivity contribution >= 4 is 11.5 Å². The van der Waals surface area contributed by atoms with Crippen molar-refractivity contribution in [3.8, 4) is 0 Å². The van der Waals surface area contributed by atoms with Crippen LogP contribution in [0, 0.1) is 0 Å². The van der Waals surface area contributed by atoms with Crippen LogP contribution in [0.15, 0.2) is 0 Å². The van der Waals surface area contributed by atoms with Gasteiger partial charge in [-0.15, -0.1) is 0 Å². The molecule has 0 spiro atoms. The van der Waals surface area contributed by atoms with Gasteiger partial charge < -0.3 is 16.0 Å². The highest BCUT2D eigenvalue weighted by Gasteiger charge is 2.22. The van der Waals surface area contributed by atoms with Gasteiger partial charge in [0.15, 0.2) is 0 Å². The number of rotatable bonds is 4. The minimum Gasteiger partial charge on any atom is -0.394 e. The molecule has 3 N–H and O–H groups in total. The van der Waals surface area contributed by atoms with Crippen LogP contribution in [0.2, 0.25) is 0 Å². The summed E-state index contributed by atoms with van der Waals surface area (Å²) < 4.78 is 1.85. The average molecular weight is 266 g/mol. The zero-order valence-electron chi connectivity index (χ0n) is 12.5. The molecule has 1 unspecified atom stereocenters. The van der Waals surface area contributed by atoms with Gasteiger partial charge in [0.2, 0.25) is 0 Å². The normalized spacial score (nSPS) is 21.8. The van der Waals surface area contributed by atoms with Crippen molar-refractivity contribution in [1.29, 1.82) is 0 Å². The molecule has 2 rings (SSSR count). The number of nitrogens with two attached hydrogens (primary N) is 1. The second kappa shape index (κ2) is 5.79. The molecule has 19 heavy (non-hydrogen) atoms. The fourth-order valence-electron chi connectivity index (χ4n) is 2.60. The predicted octanol–water partition coefficient (Wildman–Crippen LogP) is 0.222. The van der Waals surface area contributed by atoms with E-state index in [0.29, 0.717) is 6.04 Å². The Labute approximate surface area is 115 Å². The van der Waals surface area contributed by atoms with Gasteiger partial charge in [0, 0.05) is 39.3 Å². The topological polar surface area (TPSA) is 62.4 Å². The van der Waals surface area contributed by atoms with Crippen LogP contribution >= 0.6 is 0 Å². The largest absolute Gasteiger partial charge is 0.394 e. The van der Waals surface area contributed by atoms with Crippen LogP contribution in [0.5, 0.6) is 0 Å². The molecule has 0 saturated carbocycles. The Hall–Kier alpha value is -1.27. The van der Waals surface area contributed by atoms with Crippen LogP contribution in [0.1, 0.15) is 12.6 Å². The highest BCUT2D eigenvalue weighted by Crippen LogP contribution is 2.22. The molecule has 1 saturated heterocycles. The Balaban J connectivity index is 2.00. The Kier molecular flexibility index (Phi) is 4.31. The lowest BCUT2D eigenvalue weighted by molar-refractivity contribution is 0.121. The smallest absolute Gasteiger partial charge is 0.147 e. The first-order chi connectivity index (χ1) is 9.02. The van der Waals surface area contributed by atoms with E-state index < -0.39 is 0 Å². The Morgan fingerprint density at radius 2 is 2.05 bits per heavy atom. The van der Waals surface area contributed by atoms with Gasteiger partial charge in [-0.2, -0.15) is 5.10 Å². The van der Waals surface area contributed by atoms with Gasteiger partial charge in [-0.25, -0.2) is 0 Å². The van der Waals surface area contributed by atoms with Crippen LogP contribution in [0.4, 0.5) is 11.5 Å². The van der Waals surface area contributed by atoms with Crippen molar-refractivity contribution < 1.29 is 0 Å². The van der Waals surface area contributed by atoms with E-state index in [1.54, 1.807) is 0 Å². The first kappa shape index (κ1) is 14.1. The van der Waals surface area contributed by atoms with Gasteiger partial charge >= 0.3 is 0 Å². The molecule has 0 radical (unpaired) electrons. The van der Waals surface area contributed by atoms with Gasteiger partial charge in [0.05, 0.1) is 11.4 Å². The summed E-state index contributed by atoms with van der Waals surface area (Å²) in [7, 11) is 6.30. The number of likely N-dealkylation sites (N-methyl/N-ethyl adjacent to an activating group) is 2. The molecule has 1 aromatic heterocycles. The monoisotopic (exact) mass is 266 g/mol. The van der Waals surface area contributed by atoms with Gasteiger partial charge in [-0.05, 0) is 20.5 Å². The maximum atomic E-state index is 6.12. The number of nitrogens with one attached hydrogen (secondary N) is 1. The molecule has 6 heteroatoms. The molecule has 1 aromatic rings. The number of nitrogen functional groups attached to an aromatic ring is 1. The maximum absolute atomic E-state index is 6.12. The van der Waals surface area contributed by atoms with Crippen molar-refractivity contribution in [1.82, 2.24) is 19.6 Å². The quantitative estimate of drug-likeness (QED) is 0.816. The molecule has 1 fully saturated rings. The van der Waals surface area contributed by atoms with Crippen molar-refractivity contribution in [3.05, 3.63) is 5.69 Å². The minimum absolute atomic E-state index is 0.512. The maximum Gasteiger partial charge on any atom is 0.147 e. The van der Waals surface area contributed by atoms with Crippen LogP contribution < -0.4 is 11.1 Å². The summed E-state index contributed by atoms with van der Waals surface area (Å²) >= 11 is 0. The first-order valence-electron chi connectivity index (χ1n) is 6.97. The minimum atomic E-state index is 0.512. The first-order valence-corrected chi connectivity index (χ1v) is 6.97. The third-order valence-corrected chi connectivity index (χ3v) is 3.98. The Morgan fingerprint density at radius 1 is 1.32 bits per heavy atom. The van der Waals surface area contributed by atoms with Crippen molar-refractivity contribution in [2.45, 2.75) is 19.4 Å². The summed E-state index contributed by atoms with van der Waals surface area (Å²) in [5.74, 6) is 0.943. The third kappa shape index (κ3) is 3.01. The Bertz CT molecular complexity index is 427. The highest BCUT2D eigenvalue weighted by atomic mass is 15.3. The summed E-state index contributed by atoms with van der Waals surface area (Å²) in [5.41, 5.74) is 7.88. The molecule has 6 nitrogen and oxygen atoms in total. The molecule has 0 aromatic carbocycles. The second-order valence-corrected chi connectivity index (χ2v) is 5.46. The van der Waals surface area contributed by atoms with Crippen LogP contribution in [0.3, 0.4) is 0 Å². The third-order valence-electron chi connectivity index (χ3n) is 3.98. The number of piperazine rings is 1. The molecule has 1 aliphatic heterocycles. The number of nitrogens with zero attached hydrogens (tertiary/aromatic N) is 4. The van der Waals surface area contributed by atoms with Gasteiger partial charge in [-0.1, -0.05) is 6.92 Å². The number of hydrogen-bond donors (Lipinski definition) is 2. The number of aryl methyl sites for hydroxylation is 2. The highest BCUT2D eigenvalue weighted by molar-refractivity contribution is 5.65. The van der Waals surface area contributed by atoms with Crippen molar-refractivity contribution in [2.75, 3.05) is 51.3 Å². The number of hydrogen-bond acceptors (Lipinski definition) is 5. The van der Waals surface area contributed by atoms with Crippen LogP contribution in [-0.4, -0.2) is 65.9 Å². The van der Waals surface area contributed by atoms with Gasteiger partial charge in [0.25, 0.3) is 0 Å². The summed E-state index contributed by atoms with van der Waals surface area (Å²) in [6, 6.07) is 0.512. The lowest BCUT2D eigenvalue weighted by Crippen LogP contribution is -2.52. The Morgan fingerprint density at radius 3 is 2.68 bits per heavy atom. The zero-order valence-corrected chi connectivity index (χ0v) is 12.5. The summed E-state index contributed by atoms with van der Waals surface area (Å²) in [4.78, 5) is 4.77. The van der Waals surface area contributed by atoms with E-state index in [-0.39, 0.29) is 0 Å². The summed E-state index contributed by atoms with van der Waals surface area (Å²) in [6.07, 6.45) is 0.868. The van der Waals surface area contributed by atoms with Crippen LogP contribution in [0.25, 0.3) is 0 Å². The van der Waals surface area contributed by atoms with E-state index >= 15 is 0 Å². The van der Waals surface area contributed by atoms with Crippen molar-refractivity contribution in [3.63, 3.8) is 0 Å².